The van der Waals surface area contributed by atoms with Crippen molar-refractivity contribution in [1.29, 1.82) is 0 Å². The number of hydrogen-bond acceptors (Lipinski definition) is 4. The number of urea groups is 1. The summed E-state index contributed by atoms with van der Waals surface area (Å²) in [4.78, 5) is 36.7. The first-order valence-corrected chi connectivity index (χ1v) is 7.22. The molecule has 2 saturated heterocycles. The van der Waals surface area contributed by atoms with E-state index in [4.69, 9.17) is 0 Å². The largest absolute Gasteiger partial charge is 0.342 e. The van der Waals surface area contributed by atoms with Gasteiger partial charge in [0.15, 0.2) is 0 Å². The van der Waals surface area contributed by atoms with E-state index < -0.39 is 11.6 Å². The van der Waals surface area contributed by atoms with Gasteiger partial charge in [-0.2, -0.15) is 11.8 Å². The molecule has 1 spiro atoms. The number of piperidine rings is 1. The third-order valence-corrected chi connectivity index (χ3v) is 4.55. The standard InChI is InChI=1S/C11H17N3O3S/c1-7(18-2)8(15)14-5-3-11(4-6-14)9(16)12-10(17)13-11/h7H,3-6H2,1-2H3,(H2,12,13,16,17). The van der Waals surface area contributed by atoms with Gasteiger partial charge in [-0.05, 0) is 26.0 Å². The Balaban J connectivity index is 1.98. The second-order valence-corrected chi connectivity index (χ2v) is 5.87. The van der Waals surface area contributed by atoms with Crippen molar-refractivity contribution in [1.82, 2.24) is 15.5 Å². The average Bonchev–Trinajstić information content (AvgIpc) is 2.63. The third kappa shape index (κ3) is 2.19. The van der Waals surface area contributed by atoms with Crippen LogP contribution in [0.15, 0.2) is 0 Å². The van der Waals surface area contributed by atoms with E-state index in [1.165, 1.54) is 11.8 Å². The highest BCUT2D eigenvalue weighted by Crippen LogP contribution is 2.26. The molecular weight excluding hydrogens is 254 g/mol. The molecule has 0 saturated carbocycles. The number of rotatable bonds is 2. The van der Waals surface area contributed by atoms with Gasteiger partial charge in [0.05, 0.1) is 5.25 Å². The van der Waals surface area contributed by atoms with Crippen molar-refractivity contribution in [3.8, 4) is 0 Å². The predicted molar refractivity (Wildman–Crippen MR) is 68.2 cm³/mol. The number of nitrogens with zero attached hydrogens (tertiary/aromatic N) is 1. The lowest BCUT2D eigenvalue weighted by Crippen LogP contribution is -2.56. The fourth-order valence-electron chi connectivity index (χ4n) is 2.35. The summed E-state index contributed by atoms with van der Waals surface area (Å²) < 4.78 is 0. The second-order valence-electron chi connectivity index (χ2n) is 4.69. The van der Waals surface area contributed by atoms with E-state index in [-0.39, 0.29) is 17.1 Å². The topological polar surface area (TPSA) is 78.5 Å². The van der Waals surface area contributed by atoms with E-state index in [1.54, 1.807) is 4.90 Å². The molecule has 2 rings (SSSR count). The Morgan fingerprint density at radius 1 is 1.39 bits per heavy atom. The lowest BCUT2D eigenvalue weighted by Gasteiger charge is -2.37. The monoisotopic (exact) mass is 271 g/mol. The molecule has 2 N–H and O–H groups in total. The molecule has 6 nitrogen and oxygen atoms in total. The molecule has 0 bridgehead atoms. The van der Waals surface area contributed by atoms with Crippen LogP contribution in [0.3, 0.4) is 0 Å². The predicted octanol–water partition coefficient (Wildman–Crippen LogP) is -0.0615. The number of nitrogens with one attached hydrogen (secondary N) is 2. The van der Waals surface area contributed by atoms with Gasteiger partial charge in [0.1, 0.15) is 5.54 Å². The summed E-state index contributed by atoms with van der Waals surface area (Å²) in [5.74, 6) is -0.167. The lowest BCUT2D eigenvalue weighted by molar-refractivity contribution is -0.135. The zero-order valence-electron chi connectivity index (χ0n) is 10.5. The van der Waals surface area contributed by atoms with Gasteiger partial charge in [-0.3, -0.25) is 14.9 Å². The van der Waals surface area contributed by atoms with Crippen LogP contribution in [0.5, 0.6) is 0 Å². The van der Waals surface area contributed by atoms with E-state index >= 15 is 0 Å². The zero-order chi connectivity index (χ0) is 13.3. The molecule has 0 aliphatic carbocycles. The molecule has 1 atom stereocenters. The normalized spacial score (nSPS) is 23.8. The molecule has 0 aromatic carbocycles. The van der Waals surface area contributed by atoms with Crippen LogP contribution in [0.25, 0.3) is 0 Å². The molecule has 2 fully saturated rings. The first-order valence-electron chi connectivity index (χ1n) is 5.94. The molecule has 1 unspecified atom stereocenters. The summed E-state index contributed by atoms with van der Waals surface area (Å²) in [6, 6.07) is -0.433. The summed E-state index contributed by atoms with van der Waals surface area (Å²) in [5.41, 5.74) is -0.795. The number of hydrogen-bond donors (Lipinski definition) is 2. The van der Waals surface area contributed by atoms with Crippen molar-refractivity contribution in [2.75, 3.05) is 19.3 Å². The van der Waals surface area contributed by atoms with Gasteiger partial charge >= 0.3 is 6.03 Å². The van der Waals surface area contributed by atoms with Crippen molar-refractivity contribution < 1.29 is 14.4 Å². The highest BCUT2D eigenvalue weighted by Gasteiger charge is 2.48. The zero-order valence-corrected chi connectivity index (χ0v) is 11.3. The number of thioether (sulfide) groups is 1. The molecular formula is C11H17N3O3S. The highest BCUT2D eigenvalue weighted by atomic mass is 32.2. The van der Waals surface area contributed by atoms with Crippen LogP contribution in [0.4, 0.5) is 4.79 Å². The van der Waals surface area contributed by atoms with Crippen molar-refractivity contribution in [3.05, 3.63) is 0 Å². The van der Waals surface area contributed by atoms with Crippen LogP contribution >= 0.6 is 11.8 Å². The van der Waals surface area contributed by atoms with E-state index in [0.717, 1.165) is 0 Å². The van der Waals surface area contributed by atoms with Crippen LogP contribution in [-0.4, -0.2) is 52.9 Å². The van der Waals surface area contributed by atoms with Crippen LogP contribution < -0.4 is 10.6 Å². The van der Waals surface area contributed by atoms with Crippen molar-refractivity contribution in [2.24, 2.45) is 0 Å². The van der Waals surface area contributed by atoms with Crippen LogP contribution in [0, 0.1) is 0 Å². The SMILES string of the molecule is CSC(C)C(=O)N1CCC2(CC1)NC(=O)NC2=O. The number of carbonyl (C=O) groups excluding carboxylic acids is 3. The van der Waals surface area contributed by atoms with Gasteiger partial charge in [-0.25, -0.2) is 4.79 Å². The Labute approximate surface area is 110 Å². The van der Waals surface area contributed by atoms with E-state index in [1.807, 2.05) is 13.2 Å². The molecule has 7 heteroatoms. The summed E-state index contributed by atoms with van der Waals surface area (Å²) in [7, 11) is 0. The molecule has 0 aromatic heterocycles. The van der Waals surface area contributed by atoms with Crippen molar-refractivity contribution in [2.45, 2.75) is 30.6 Å². The summed E-state index contributed by atoms with van der Waals surface area (Å²) in [5, 5.41) is 4.87. The molecule has 2 aliphatic heterocycles. The summed E-state index contributed by atoms with van der Waals surface area (Å²) >= 11 is 1.51. The lowest BCUT2D eigenvalue weighted by atomic mass is 9.87. The summed E-state index contributed by atoms with van der Waals surface area (Å²) in [6.07, 6.45) is 2.87. The van der Waals surface area contributed by atoms with Gasteiger partial charge in [-0.1, -0.05) is 0 Å². The molecule has 18 heavy (non-hydrogen) atoms. The van der Waals surface area contributed by atoms with E-state index in [9.17, 15) is 14.4 Å². The molecule has 100 valence electrons. The highest BCUT2D eigenvalue weighted by molar-refractivity contribution is 7.99. The fraction of sp³-hybridized carbons (Fsp3) is 0.727. The first kappa shape index (κ1) is 13.2. The maximum absolute atomic E-state index is 12.0. The number of amides is 4. The Hall–Kier alpha value is -1.24. The third-order valence-electron chi connectivity index (χ3n) is 3.64. The number of carbonyl (C=O) groups is 3. The number of likely N-dealkylation sites (tertiary alicyclic amines) is 1. The molecule has 4 amide bonds. The molecule has 2 heterocycles. The van der Waals surface area contributed by atoms with Crippen LogP contribution in [-0.2, 0) is 9.59 Å². The van der Waals surface area contributed by atoms with Crippen LogP contribution in [0.2, 0.25) is 0 Å². The van der Waals surface area contributed by atoms with Gasteiger partial charge < -0.3 is 10.2 Å². The number of imide groups is 1. The van der Waals surface area contributed by atoms with Gasteiger partial charge in [-0.15, -0.1) is 0 Å². The molecule has 0 aromatic rings. The second kappa shape index (κ2) is 4.79. The summed E-state index contributed by atoms with van der Waals surface area (Å²) in [6.45, 7) is 2.90. The minimum Gasteiger partial charge on any atom is -0.342 e. The Morgan fingerprint density at radius 2 is 2.00 bits per heavy atom. The van der Waals surface area contributed by atoms with E-state index in [2.05, 4.69) is 10.6 Å². The van der Waals surface area contributed by atoms with Gasteiger partial charge in [0.25, 0.3) is 5.91 Å². The van der Waals surface area contributed by atoms with Gasteiger partial charge in [0, 0.05) is 13.1 Å². The fourth-order valence-corrected chi connectivity index (χ4v) is 2.70. The maximum atomic E-state index is 12.0. The Morgan fingerprint density at radius 3 is 2.44 bits per heavy atom. The van der Waals surface area contributed by atoms with Crippen molar-refractivity contribution in [3.63, 3.8) is 0 Å². The van der Waals surface area contributed by atoms with E-state index in [0.29, 0.717) is 25.9 Å². The quantitative estimate of drug-likeness (QED) is 0.690. The molecule has 0 radical (unpaired) electrons. The minimum absolute atomic E-state index is 0.0638. The molecule has 2 aliphatic rings. The Bertz CT molecular complexity index is 391. The Kier molecular flexibility index (Phi) is 3.52. The van der Waals surface area contributed by atoms with Crippen LogP contribution in [0.1, 0.15) is 19.8 Å². The maximum Gasteiger partial charge on any atom is 0.322 e. The average molecular weight is 271 g/mol. The first-order chi connectivity index (χ1) is 8.48. The van der Waals surface area contributed by atoms with Crippen molar-refractivity contribution >= 4 is 29.6 Å². The minimum atomic E-state index is -0.795. The van der Waals surface area contributed by atoms with Gasteiger partial charge in [0.2, 0.25) is 5.91 Å². The smallest absolute Gasteiger partial charge is 0.322 e.